The van der Waals surface area contributed by atoms with Crippen LogP contribution in [0.1, 0.15) is 42.4 Å². The number of rotatable bonds is 7. The van der Waals surface area contributed by atoms with Crippen LogP contribution in [0.15, 0.2) is 58.5 Å². The molecular weight excluding hydrogens is 470 g/mol. The van der Waals surface area contributed by atoms with Gasteiger partial charge in [-0.05, 0) is 48.6 Å². The number of furan rings is 1. The van der Waals surface area contributed by atoms with Gasteiger partial charge in [-0.15, -0.1) is 11.3 Å². The maximum absolute atomic E-state index is 13.7. The molecule has 1 aliphatic carbocycles. The number of amides is 3. The van der Waals surface area contributed by atoms with E-state index in [4.69, 9.17) is 13.9 Å². The molecule has 0 saturated heterocycles. The normalized spacial score (nSPS) is 15.5. The summed E-state index contributed by atoms with van der Waals surface area (Å²) in [6.45, 7) is 0.206. The lowest BCUT2D eigenvalue weighted by Gasteiger charge is -2.30. The van der Waals surface area contributed by atoms with E-state index in [0.717, 1.165) is 25.7 Å². The summed E-state index contributed by atoms with van der Waals surface area (Å²) in [7, 11) is 0. The molecule has 0 bridgehead atoms. The average Bonchev–Trinajstić information content (AvgIpc) is 3.68. The number of thiophene rings is 1. The molecule has 10 heteroatoms. The standard InChI is InChI=1S/C25H25N3O6S/c29-23(26-14-18-7-3-11-32-18)22(21-8-4-12-35-21)28(17-9-10-19-20(13-17)34-15-33-19)25(31)24(30)27-16-5-1-2-6-16/h3-4,7-13,16,22H,1-2,5-6,14-15H2,(H,26,29)(H,27,30). The third kappa shape index (κ3) is 5.02. The van der Waals surface area contributed by atoms with E-state index in [1.165, 1.54) is 22.5 Å². The number of fused-ring (bicyclic) bond motifs is 1. The zero-order chi connectivity index (χ0) is 24.2. The smallest absolute Gasteiger partial charge is 0.317 e. The molecule has 9 nitrogen and oxygen atoms in total. The first kappa shape index (κ1) is 23.0. The monoisotopic (exact) mass is 495 g/mol. The van der Waals surface area contributed by atoms with Crippen LogP contribution in [0.25, 0.3) is 0 Å². The fourth-order valence-corrected chi connectivity index (χ4v) is 5.16. The number of ether oxygens (including phenoxy) is 2. The van der Waals surface area contributed by atoms with Crippen LogP contribution in [0.2, 0.25) is 0 Å². The fraction of sp³-hybridized carbons (Fsp3) is 0.320. The minimum atomic E-state index is -1.08. The number of nitrogens with zero attached hydrogens (tertiary/aromatic N) is 1. The Balaban J connectivity index is 1.49. The van der Waals surface area contributed by atoms with Gasteiger partial charge in [0.25, 0.3) is 0 Å². The summed E-state index contributed by atoms with van der Waals surface area (Å²) in [6, 6.07) is 10.9. The molecule has 3 heterocycles. The largest absolute Gasteiger partial charge is 0.467 e. The van der Waals surface area contributed by atoms with Gasteiger partial charge in [0.2, 0.25) is 12.7 Å². The summed E-state index contributed by atoms with van der Waals surface area (Å²) in [4.78, 5) is 42.1. The SMILES string of the molecule is O=C(NC1CCCC1)C(=O)N(c1ccc2c(c1)OCO2)C(C(=O)NCc1ccco1)c1cccs1. The minimum absolute atomic E-state index is 0.0435. The second-order valence-corrected chi connectivity index (χ2v) is 9.36. The van der Waals surface area contributed by atoms with Crippen molar-refractivity contribution in [1.29, 1.82) is 0 Å². The molecule has 2 N–H and O–H groups in total. The lowest BCUT2D eigenvalue weighted by atomic mass is 10.1. The van der Waals surface area contributed by atoms with Gasteiger partial charge in [-0.1, -0.05) is 18.9 Å². The number of nitrogens with one attached hydrogen (secondary N) is 2. The van der Waals surface area contributed by atoms with Crippen molar-refractivity contribution in [3.05, 3.63) is 64.7 Å². The highest BCUT2D eigenvalue weighted by atomic mass is 32.1. The van der Waals surface area contributed by atoms with Crippen LogP contribution in [0.4, 0.5) is 5.69 Å². The first-order valence-corrected chi connectivity index (χ1v) is 12.4. The first-order chi connectivity index (χ1) is 17.1. The molecule has 3 amide bonds. The maximum atomic E-state index is 13.7. The Hall–Kier alpha value is -3.79. The molecule has 2 aromatic heterocycles. The van der Waals surface area contributed by atoms with Crippen molar-refractivity contribution in [3.63, 3.8) is 0 Å². The molecule has 5 rings (SSSR count). The van der Waals surface area contributed by atoms with E-state index in [9.17, 15) is 14.4 Å². The van der Waals surface area contributed by atoms with Gasteiger partial charge in [-0.25, -0.2) is 0 Å². The highest BCUT2D eigenvalue weighted by molar-refractivity contribution is 7.10. The Bertz CT molecular complexity index is 1190. The van der Waals surface area contributed by atoms with E-state index in [1.807, 2.05) is 5.38 Å². The van der Waals surface area contributed by atoms with Crippen LogP contribution in [-0.4, -0.2) is 30.6 Å². The van der Waals surface area contributed by atoms with Crippen molar-refractivity contribution >= 4 is 34.7 Å². The van der Waals surface area contributed by atoms with Crippen molar-refractivity contribution in [3.8, 4) is 11.5 Å². The molecule has 3 aromatic rings. The van der Waals surface area contributed by atoms with Crippen LogP contribution >= 0.6 is 11.3 Å². The molecule has 1 atom stereocenters. The Morgan fingerprint density at radius 1 is 1.06 bits per heavy atom. The number of carbonyl (C=O) groups excluding carboxylic acids is 3. The van der Waals surface area contributed by atoms with Crippen LogP contribution in [-0.2, 0) is 20.9 Å². The Labute approximate surface area is 206 Å². The van der Waals surface area contributed by atoms with E-state index in [2.05, 4.69) is 10.6 Å². The number of hydrogen-bond acceptors (Lipinski definition) is 7. The van der Waals surface area contributed by atoms with Gasteiger partial charge in [-0.2, -0.15) is 0 Å². The highest BCUT2D eigenvalue weighted by Gasteiger charge is 2.38. The molecule has 1 unspecified atom stereocenters. The zero-order valence-corrected chi connectivity index (χ0v) is 19.7. The predicted molar refractivity (Wildman–Crippen MR) is 128 cm³/mol. The topological polar surface area (TPSA) is 110 Å². The van der Waals surface area contributed by atoms with Gasteiger partial charge in [0, 0.05) is 22.7 Å². The van der Waals surface area contributed by atoms with Crippen molar-refractivity contribution in [1.82, 2.24) is 10.6 Å². The second-order valence-electron chi connectivity index (χ2n) is 8.38. The van der Waals surface area contributed by atoms with Gasteiger partial charge in [0.15, 0.2) is 17.5 Å². The maximum Gasteiger partial charge on any atom is 0.317 e. The van der Waals surface area contributed by atoms with E-state index < -0.39 is 23.8 Å². The van der Waals surface area contributed by atoms with Crippen molar-refractivity contribution in [2.24, 2.45) is 0 Å². The van der Waals surface area contributed by atoms with Crippen LogP contribution in [0, 0.1) is 0 Å². The van der Waals surface area contributed by atoms with E-state index >= 15 is 0 Å². The van der Waals surface area contributed by atoms with Gasteiger partial charge in [0.1, 0.15) is 5.76 Å². The molecular formula is C25H25N3O6S. The molecule has 0 spiro atoms. The summed E-state index contributed by atoms with van der Waals surface area (Å²) in [5, 5.41) is 7.50. The lowest BCUT2D eigenvalue weighted by molar-refractivity contribution is -0.139. The molecule has 1 aromatic carbocycles. The quantitative estimate of drug-likeness (QED) is 0.486. The van der Waals surface area contributed by atoms with Gasteiger partial charge < -0.3 is 24.5 Å². The Morgan fingerprint density at radius 3 is 2.63 bits per heavy atom. The summed E-state index contributed by atoms with van der Waals surface area (Å²) < 4.78 is 16.2. The summed E-state index contributed by atoms with van der Waals surface area (Å²) >= 11 is 1.33. The number of anilines is 1. The minimum Gasteiger partial charge on any atom is -0.467 e. The van der Waals surface area contributed by atoms with Crippen molar-refractivity contribution in [2.45, 2.75) is 44.3 Å². The van der Waals surface area contributed by atoms with Gasteiger partial charge in [-0.3, -0.25) is 19.3 Å². The number of carbonyl (C=O) groups is 3. The van der Waals surface area contributed by atoms with Gasteiger partial charge >= 0.3 is 11.8 Å². The molecule has 2 aliphatic rings. The van der Waals surface area contributed by atoms with Crippen LogP contribution < -0.4 is 25.0 Å². The summed E-state index contributed by atoms with van der Waals surface area (Å²) in [6.07, 6.45) is 5.21. The molecule has 182 valence electrons. The number of benzene rings is 1. The molecule has 0 radical (unpaired) electrons. The highest BCUT2D eigenvalue weighted by Crippen LogP contribution is 2.39. The molecule has 35 heavy (non-hydrogen) atoms. The van der Waals surface area contributed by atoms with Crippen LogP contribution in [0.3, 0.4) is 0 Å². The number of hydrogen-bond donors (Lipinski definition) is 2. The third-order valence-electron chi connectivity index (χ3n) is 6.07. The fourth-order valence-electron chi connectivity index (χ4n) is 4.35. The van der Waals surface area contributed by atoms with Crippen molar-refractivity contribution in [2.75, 3.05) is 11.7 Å². The van der Waals surface area contributed by atoms with Gasteiger partial charge in [0.05, 0.1) is 12.8 Å². The second kappa shape index (κ2) is 10.2. The van der Waals surface area contributed by atoms with E-state index in [1.54, 1.807) is 42.5 Å². The van der Waals surface area contributed by atoms with Crippen LogP contribution in [0.5, 0.6) is 11.5 Å². The molecule has 1 fully saturated rings. The zero-order valence-electron chi connectivity index (χ0n) is 18.9. The third-order valence-corrected chi connectivity index (χ3v) is 7.00. The average molecular weight is 496 g/mol. The Morgan fingerprint density at radius 2 is 1.89 bits per heavy atom. The summed E-state index contributed by atoms with van der Waals surface area (Å²) in [5.74, 6) is -0.451. The van der Waals surface area contributed by atoms with E-state index in [0.29, 0.717) is 27.8 Å². The Kier molecular flexibility index (Phi) is 6.71. The predicted octanol–water partition coefficient (Wildman–Crippen LogP) is 3.52. The molecule has 1 aliphatic heterocycles. The molecule has 1 saturated carbocycles. The van der Waals surface area contributed by atoms with Crippen molar-refractivity contribution < 1.29 is 28.3 Å². The first-order valence-electron chi connectivity index (χ1n) is 11.5. The lowest BCUT2D eigenvalue weighted by Crippen LogP contribution is -2.50. The summed E-state index contributed by atoms with van der Waals surface area (Å²) in [5.41, 5.74) is 0.354. The van der Waals surface area contributed by atoms with E-state index in [-0.39, 0.29) is 19.4 Å².